The summed E-state index contributed by atoms with van der Waals surface area (Å²) in [7, 11) is -4.16. The standard InChI is InChI=1S/C16H15NO6S/c18-15(19)11-17(10-12-5-2-1-3-6-12)24(22,23)14-8-4-7-13(9-14)16(20)21/h1-9H,10-11H2,(H,18,19)(H,20,21). The molecule has 0 aliphatic carbocycles. The Morgan fingerprint density at radius 3 is 2.21 bits per heavy atom. The van der Waals surface area contributed by atoms with Crippen LogP contribution in [-0.2, 0) is 21.4 Å². The Balaban J connectivity index is 2.41. The number of hydrogen-bond donors (Lipinski definition) is 2. The van der Waals surface area contributed by atoms with Gasteiger partial charge in [-0.2, -0.15) is 4.31 Å². The van der Waals surface area contributed by atoms with Crippen LogP contribution in [0.25, 0.3) is 0 Å². The number of rotatable bonds is 7. The minimum atomic E-state index is -4.16. The van der Waals surface area contributed by atoms with Crippen molar-refractivity contribution in [2.24, 2.45) is 0 Å². The molecule has 0 radical (unpaired) electrons. The Labute approximate surface area is 138 Å². The summed E-state index contributed by atoms with van der Waals surface area (Å²) in [6, 6.07) is 13.4. The molecule has 0 heterocycles. The van der Waals surface area contributed by atoms with Crippen LogP contribution in [0.3, 0.4) is 0 Å². The van der Waals surface area contributed by atoms with Crippen molar-refractivity contribution in [2.45, 2.75) is 11.4 Å². The van der Waals surface area contributed by atoms with Gasteiger partial charge in [-0.1, -0.05) is 36.4 Å². The summed E-state index contributed by atoms with van der Waals surface area (Å²) in [6.45, 7) is -0.860. The van der Waals surface area contributed by atoms with Crippen LogP contribution in [0.5, 0.6) is 0 Å². The third-order valence-corrected chi connectivity index (χ3v) is 5.02. The molecule has 0 bridgehead atoms. The van der Waals surface area contributed by atoms with Crippen molar-refractivity contribution in [1.29, 1.82) is 0 Å². The number of carboxylic acid groups (broad SMARTS) is 2. The van der Waals surface area contributed by atoms with Crippen LogP contribution in [0, 0.1) is 0 Å². The number of nitrogens with zero attached hydrogens (tertiary/aromatic N) is 1. The molecule has 0 aliphatic rings. The van der Waals surface area contributed by atoms with Gasteiger partial charge in [0, 0.05) is 6.54 Å². The lowest BCUT2D eigenvalue weighted by Gasteiger charge is -2.20. The van der Waals surface area contributed by atoms with Crippen LogP contribution in [-0.4, -0.2) is 41.4 Å². The zero-order chi connectivity index (χ0) is 17.7. The lowest BCUT2D eigenvalue weighted by atomic mass is 10.2. The number of hydrogen-bond acceptors (Lipinski definition) is 4. The maximum atomic E-state index is 12.7. The van der Waals surface area contributed by atoms with Gasteiger partial charge < -0.3 is 10.2 Å². The fourth-order valence-corrected chi connectivity index (χ4v) is 3.53. The second-order valence-electron chi connectivity index (χ2n) is 4.99. The molecule has 0 aromatic heterocycles. The molecule has 0 amide bonds. The van der Waals surface area contributed by atoms with E-state index in [1.54, 1.807) is 30.3 Å². The van der Waals surface area contributed by atoms with E-state index in [-0.39, 0.29) is 17.0 Å². The normalized spacial score (nSPS) is 11.4. The first kappa shape index (κ1) is 17.6. The predicted octanol–water partition coefficient (Wildman–Crippen LogP) is 1.66. The third-order valence-electron chi connectivity index (χ3n) is 3.23. The molecular weight excluding hydrogens is 334 g/mol. The molecule has 0 atom stereocenters. The molecule has 7 nitrogen and oxygen atoms in total. The lowest BCUT2D eigenvalue weighted by Crippen LogP contribution is -2.35. The fraction of sp³-hybridized carbons (Fsp3) is 0.125. The first-order valence-corrected chi connectivity index (χ1v) is 8.34. The van der Waals surface area contributed by atoms with Crippen molar-refractivity contribution < 1.29 is 28.2 Å². The SMILES string of the molecule is O=C(O)CN(Cc1ccccc1)S(=O)(=O)c1cccc(C(=O)O)c1. The fourth-order valence-electron chi connectivity index (χ4n) is 2.10. The van der Waals surface area contributed by atoms with Gasteiger partial charge in [0.2, 0.25) is 10.0 Å². The second-order valence-corrected chi connectivity index (χ2v) is 6.92. The molecular formula is C16H15NO6S. The van der Waals surface area contributed by atoms with Crippen LogP contribution < -0.4 is 0 Å². The van der Waals surface area contributed by atoms with Gasteiger partial charge in [-0.05, 0) is 23.8 Å². The molecule has 0 aliphatic heterocycles. The van der Waals surface area contributed by atoms with E-state index in [1.807, 2.05) is 0 Å². The Hall–Kier alpha value is -2.71. The molecule has 24 heavy (non-hydrogen) atoms. The van der Waals surface area contributed by atoms with E-state index in [9.17, 15) is 18.0 Å². The van der Waals surface area contributed by atoms with E-state index in [0.717, 1.165) is 10.4 Å². The number of carbonyl (C=O) groups is 2. The number of carboxylic acids is 2. The van der Waals surface area contributed by atoms with Crippen molar-refractivity contribution >= 4 is 22.0 Å². The summed E-state index contributed by atoms with van der Waals surface area (Å²) < 4.78 is 26.2. The van der Waals surface area contributed by atoms with E-state index >= 15 is 0 Å². The summed E-state index contributed by atoms with van der Waals surface area (Å²) in [5.41, 5.74) is 0.433. The third kappa shape index (κ3) is 4.18. The van der Waals surface area contributed by atoms with Gasteiger partial charge in [0.25, 0.3) is 0 Å². The highest BCUT2D eigenvalue weighted by Crippen LogP contribution is 2.19. The van der Waals surface area contributed by atoms with Gasteiger partial charge in [0.05, 0.1) is 10.5 Å². The minimum absolute atomic E-state index is 0.132. The summed E-state index contributed by atoms with van der Waals surface area (Å²) in [4.78, 5) is 21.8. The summed E-state index contributed by atoms with van der Waals surface area (Å²) in [5, 5.41) is 18.0. The zero-order valence-corrected chi connectivity index (χ0v) is 13.3. The number of sulfonamides is 1. The molecule has 2 rings (SSSR count). The maximum Gasteiger partial charge on any atom is 0.335 e. The van der Waals surface area contributed by atoms with Crippen molar-refractivity contribution in [3.63, 3.8) is 0 Å². The molecule has 0 fully saturated rings. The summed E-state index contributed by atoms with van der Waals surface area (Å²) in [6.07, 6.45) is 0. The van der Waals surface area contributed by atoms with Gasteiger partial charge in [0.15, 0.2) is 0 Å². The highest BCUT2D eigenvalue weighted by atomic mass is 32.2. The Kier molecular flexibility index (Phi) is 5.32. The average Bonchev–Trinajstić information content (AvgIpc) is 2.55. The average molecular weight is 349 g/mol. The Morgan fingerprint density at radius 2 is 1.62 bits per heavy atom. The van der Waals surface area contributed by atoms with E-state index < -0.39 is 28.5 Å². The first-order chi connectivity index (χ1) is 11.3. The van der Waals surface area contributed by atoms with Crippen LogP contribution in [0.15, 0.2) is 59.5 Å². The lowest BCUT2D eigenvalue weighted by molar-refractivity contribution is -0.137. The molecule has 2 N–H and O–H groups in total. The number of benzene rings is 2. The maximum absolute atomic E-state index is 12.7. The summed E-state index contributed by atoms with van der Waals surface area (Å²) in [5.74, 6) is -2.57. The van der Waals surface area contributed by atoms with Crippen molar-refractivity contribution in [3.8, 4) is 0 Å². The topological polar surface area (TPSA) is 112 Å². The van der Waals surface area contributed by atoms with E-state index in [0.29, 0.717) is 5.56 Å². The second kappa shape index (κ2) is 7.24. The smallest absolute Gasteiger partial charge is 0.335 e. The van der Waals surface area contributed by atoms with Crippen LogP contribution >= 0.6 is 0 Å². The summed E-state index contributed by atoms with van der Waals surface area (Å²) >= 11 is 0. The molecule has 2 aromatic rings. The largest absolute Gasteiger partial charge is 0.480 e. The van der Waals surface area contributed by atoms with Gasteiger partial charge in [-0.15, -0.1) is 0 Å². The van der Waals surface area contributed by atoms with Gasteiger partial charge >= 0.3 is 11.9 Å². The zero-order valence-electron chi connectivity index (χ0n) is 12.5. The predicted molar refractivity (Wildman–Crippen MR) is 85.1 cm³/mol. The monoisotopic (exact) mass is 349 g/mol. The molecule has 0 spiro atoms. The van der Waals surface area contributed by atoms with Crippen LogP contribution in [0.2, 0.25) is 0 Å². The van der Waals surface area contributed by atoms with E-state index in [1.165, 1.54) is 18.2 Å². The molecule has 0 unspecified atom stereocenters. The highest BCUT2D eigenvalue weighted by Gasteiger charge is 2.27. The molecule has 0 saturated heterocycles. The van der Waals surface area contributed by atoms with Crippen molar-refractivity contribution in [3.05, 3.63) is 65.7 Å². The van der Waals surface area contributed by atoms with Gasteiger partial charge in [-0.25, -0.2) is 13.2 Å². The first-order valence-electron chi connectivity index (χ1n) is 6.90. The molecule has 126 valence electrons. The van der Waals surface area contributed by atoms with Gasteiger partial charge in [-0.3, -0.25) is 4.79 Å². The van der Waals surface area contributed by atoms with Crippen LogP contribution in [0.1, 0.15) is 15.9 Å². The Morgan fingerprint density at radius 1 is 0.958 bits per heavy atom. The number of aliphatic carboxylic acids is 1. The minimum Gasteiger partial charge on any atom is -0.480 e. The van der Waals surface area contributed by atoms with Crippen molar-refractivity contribution in [2.75, 3.05) is 6.54 Å². The Bertz CT molecular complexity index is 848. The van der Waals surface area contributed by atoms with E-state index in [4.69, 9.17) is 10.2 Å². The molecule has 2 aromatic carbocycles. The van der Waals surface area contributed by atoms with Crippen LogP contribution in [0.4, 0.5) is 0 Å². The van der Waals surface area contributed by atoms with E-state index in [2.05, 4.69) is 0 Å². The molecule has 0 saturated carbocycles. The van der Waals surface area contributed by atoms with Gasteiger partial charge in [0.1, 0.15) is 6.54 Å². The van der Waals surface area contributed by atoms with Crippen molar-refractivity contribution in [1.82, 2.24) is 4.31 Å². The molecule has 8 heteroatoms. The highest BCUT2D eigenvalue weighted by molar-refractivity contribution is 7.89. The number of aromatic carboxylic acids is 1. The quantitative estimate of drug-likeness (QED) is 0.786.